The summed E-state index contributed by atoms with van der Waals surface area (Å²) in [6.45, 7) is 2.77. The third-order valence-electron chi connectivity index (χ3n) is 3.96. The fourth-order valence-electron chi connectivity index (χ4n) is 2.73. The van der Waals surface area contributed by atoms with Gasteiger partial charge in [-0.15, -0.1) is 11.8 Å². The van der Waals surface area contributed by atoms with Crippen LogP contribution >= 0.6 is 11.8 Å². The molecule has 0 atom stereocenters. The number of thioether (sulfide) groups is 1. The average Bonchev–Trinajstić information content (AvgIpc) is 2.95. The van der Waals surface area contributed by atoms with Gasteiger partial charge in [0.15, 0.2) is 5.82 Å². The minimum Gasteiger partial charge on any atom is -0.382 e. The van der Waals surface area contributed by atoms with E-state index in [2.05, 4.69) is 14.5 Å². The largest absolute Gasteiger partial charge is 0.382 e. The van der Waals surface area contributed by atoms with Gasteiger partial charge in [-0.3, -0.25) is 0 Å². The summed E-state index contributed by atoms with van der Waals surface area (Å²) in [5.41, 5.74) is 8.53. The summed E-state index contributed by atoms with van der Waals surface area (Å²) in [7, 11) is 0. The maximum atomic E-state index is 13.5. The first-order valence-electron chi connectivity index (χ1n) is 8.20. The van der Waals surface area contributed by atoms with Crippen LogP contribution in [-0.2, 0) is 6.54 Å². The van der Waals surface area contributed by atoms with Crippen molar-refractivity contribution < 1.29 is 8.78 Å². The summed E-state index contributed by atoms with van der Waals surface area (Å²) in [5, 5.41) is 0. The Morgan fingerprint density at radius 3 is 2.80 bits per heavy atom. The molecular weight excluding hydrogens is 342 g/mol. The molecule has 3 aromatic rings. The van der Waals surface area contributed by atoms with Crippen LogP contribution in [0.15, 0.2) is 35.5 Å². The number of fused-ring (bicyclic) bond motifs is 1. The first kappa shape index (κ1) is 17.7. The first-order valence-corrected chi connectivity index (χ1v) is 9.19. The lowest BCUT2D eigenvalue weighted by atomic mass is 10.2. The molecule has 0 unspecified atom stereocenters. The zero-order valence-electron chi connectivity index (χ0n) is 14.0. The van der Waals surface area contributed by atoms with Gasteiger partial charge in [-0.25, -0.2) is 18.7 Å². The van der Waals surface area contributed by atoms with Gasteiger partial charge in [-0.1, -0.05) is 6.42 Å². The van der Waals surface area contributed by atoms with Gasteiger partial charge in [-0.05, 0) is 43.7 Å². The molecule has 0 amide bonds. The van der Waals surface area contributed by atoms with Crippen LogP contribution < -0.4 is 5.73 Å². The van der Waals surface area contributed by atoms with Crippen LogP contribution in [0.2, 0.25) is 0 Å². The molecule has 25 heavy (non-hydrogen) atoms. The fraction of sp³-hybridized carbons (Fsp3) is 0.333. The fourth-order valence-corrected chi connectivity index (χ4v) is 3.66. The van der Waals surface area contributed by atoms with Crippen molar-refractivity contribution >= 4 is 28.6 Å². The van der Waals surface area contributed by atoms with Crippen molar-refractivity contribution in [3.63, 3.8) is 0 Å². The van der Waals surface area contributed by atoms with Crippen molar-refractivity contribution in [1.29, 1.82) is 0 Å². The molecule has 1 aromatic carbocycles. The Bertz CT molecular complexity index is 879. The molecule has 0 fully saturated rings. The van der Waals surface area contributed by atoms with Gasteiger partial charge in [0.25, 0.3) is 0 Å². The van der Waals surface area contributed by atoms with Crippen LogP contribution in [0.1, 0.15) is 25.0 Å². The number of nitrogens with zero attached hydrogens (tertiary/aromatic N) is 3. The molecule has 2 aromatic heterocycles. The van der Waals surface area contributed by atoms with Gasteiger partial charge in [-0.2, -0.15) is 0 Å². The smallest absolute Gasteiger partial charge is 0.151 e. The molecule has 0 aliphatic heterocycles. The van der Waals surface area contributed by atoms with Gasteiger partial charge in [0.2, 0.25) is 0 Å². The number of hydrogen-bond donors (Lipinski definition) is 1. The summed E-state index contributed by atoms with van der Waals surface area (Å²) in [6, 6.07) is 5.70. The van der Waals surface area contributed by atoms with Crippen LogP contribution in [-0.4, -0.2) is 20.3 Å². The molecule has 0 saturated carbocycles. The van der Waals surface area contributed by atoms with E-state index in [1.54, 1.807) is 6.33 Å². The van der Waals surface area contributed by atoms with Crippen molar-refractivity contribution in [1.82, 2.24) is 14.5 Å². The Kier molecular flexibility index (Phi) is 5.53. The topological polar surface area (TPSA) is 56.7 Å². The van der Waals surface area contributed by atoms with Gasteiger partial charge in [0, 0.05) is 23.2 Å². The van der Waals surface area contributed by atoms with E-state index in [1.807, 2.05) is 13.0 Å². The number of nitrogens with two attached hydrogens (primary N) is 1. The van der Waals surface area contributed by atoms with Gasteiger partial charge >= 0.3 is 0 Å². The summed E-state index contributed by atoms with van der Waals surface area (Å²) in [4.78, 5) is 9.05. The van der Waals surface area contributed by atoms with Crippen molar-refractivity contribution in [2.75, 3.05) is 11.5 Å². The number of aryl methyl sites for hydroxylation is 2. The second-order valence-electron chi connectivity index (χ2n) is 5.94. The van der Waals surface area contributed by atoms with Crippen molar-refractivity contribution in [3.05, 3.63) is 47.9 Å². The Morgan fingerprint density at radius 2 is 2.00 bits per heavy atom. The Labute approximate surface area is 149 Å². The van der Waals surface area contributed by atoms with Crippen LogP contribution in [0.5, 0.6) is 0 Å². The highest BCUT2D eigenvalue weighted by atomic mass is 32.2. The normalized spacial score (nSPS) is 11.3. The molecular formula is C18H20F2N4S. The Morgan fingerprint density at radius 1 is 1.16 bits per heavy atom. The summed E-state index contributed by atoms with van der Waals surface area (Å²) in [5.74, 6) is 0.242. The van der Waals surface area contributed by atoms with E-state index in [0.717, 1.165) is 54.4 Å². The van der Waals surface area contributed by atoms with E-state index in [0.29, 0.717) is 10.7 Å². The molecule has 7 heteroatoms. The number of unbranched alkanes of at least 4 members (excludes halogenated alkanes) is 2. The predicted molar refractivity (Wildman–Crippen MR) is 97.6 cm³/mol. The molecule has 3 rings (SSSR count). The number of benzene rings is 1. The number of rotatable bonds is 7. The van der Waals surface area contributed by atoms with Crippen LogP contribution in [0.3, 0.4) is 0 Å². The van der Waals surface area contributed by atoms with Crippen LogP contribution in [0, 0.1) is 18.6 Å². The van der Waals surface area contributed by atoms with Gasteiger partial charge in [0.1, 0.15) is 17.2 Å². The number of imidazole rings is 1. The third kappa shape index (κ3) is 4.28. The highest BCUT2D eigenvalue weighted by molar-refractivity contribution is 7.99. The zero-order chi connectivity index (χ0) is 17.8. The van der Waals surface area contributed by atoms with Crippen LogP contribution in [0.25, 0.3) is 11.0 Å². The SMILES string of the molecule is Cc1cc2c(ncn2CCCCCSc2ccc(F)cc2F)c(N)n1. The highest BCUT2D eigenvalue weighted by Gasteiger charge is 2.08. The number of pyridine rings is 1. The number of halogens is 2. The average molecular weight is 362 g/mol. The minimum absolute atomic E-state index is 0.464. The molecule has 0 saturated heterocycles. The van der Waals surface area contributed by atoms with E-state index in [9.17, 15) is 8.78 Å². The third-order valence-corrected chi connectivity index (χ3v) is 5.09. The lowest BCUT2D eigenvalue weighted by Gasteiger charge is -2.06. The summed E-state index contributed by atoms with van der Waals surface area (Å²) in [6.07, 6.45) is 4.79. The summed E-state index contributed by atoms with van der Waals surface area (Å²) < 4.78 is 28.5. The monoisotopic (exact) mass is 362 g/mol. The minimum atomic E-state index is -0.541. The maximum absolute atomic E-state index is 13.5. The van der Waals surface area contributed by atoms with E-state index in [4.69, 9.17) is 5.73 Å². The highest BCUT2D eigenvalue weighted by Crippen LogP contribution is 2.24. The predicted octanol–water partition coefficient (Wildman–Crippen LogP) is 4.56. The quantitative estimate of drug-likeness (QED) is 0.494. The lowest BCUT2D eigenvalue weighted by Crippen LogP contribution is -1.99. The molecule has 0 bridgehead atoms. The maximum Gasteiger partial charge on any atom is 0.151 e. The number of nitrogen functional groups attached to an aromatic ring is 1. The van der Waals surface area contributed by atoms with E-state index in [-0.39, 0.29) is 0 Å². The number of anilines is 1. The number of aromatic nitrogens is 3. The standard InChI is InChI=1S/C18H20F2N4S/c1-12-9-15-17(18(21)23-12)22-11-24(15)7-3-2-4-8-25-16-6-5-13(19)10-14(16)20/h5-6,9-11H,2-4,7-8H2,1H3,(H2,21,23). The van der Waals surface area contributed by atoms with Crippen molar-refractivity contribution in [2.45, 2.75) is 37.6 Å². The van der Waals surface area contributed by atoms with E-state index in [1.165, 1.54) is 23.9 Å². The molecule has 0 spiro atoms. The Hall–Kier alpha value is -2.15. The van der Waals surface area contributed by atoms with Crippen molar-refractivity contribution in [3.8, 4) is 0 Å². The van der Waals surface area contributed by atoms with Crippen molar-refractivity contribution in [2.24, 2.45) is 0 Å². The molecule has 0 aliphatic carbocycles. The lowest BCUT2D eigenvalue weighted by molar-refractivity contribution is 0.565. The molecule has 4 nitrogen and oxygen atoms in total. The van der Waals surface area contributed by atoms with Gasteiger partial charge < -0.3 is 10.3 Å². The Balaban J connectivity index is 1.46. The molecule has 2 heterocycles. The van der Waals surface area contributed by atoms with Crippen LogP contribution in [0.4, 0.5) is 14.6 Å². The molecule has 0 aliphatic rings. The summed E-state index contributed by atoms with van der Waals surface area (Å²) >= 11 is 1.42. The molecule has 0 radical (unpaired) electrons. The zero-order valence-corrected chi connectivity index (χ0v) is 14.8. The first-order chi connectivity index (χ1) is 12.0. The van der Waals surface area contributed by atoms with E-state index < -0.39 is 11.6 Å². The molecule has 132 valence electrons. The molecule has 2 N–H and O–H groups in total. The van der Waals surface area contributed by atoms with E-state index >= 15 is 0 Å². The number of hydrogen-bond acceptors (Lipinski definition) is 4. The second-order valence-corrected chi connectivity index (χ2v) is 7.08. The van der Waals surface area contributed by atoms with Gasteiger partial charge in [0.05, 0.1) is 11.8 Å². The second kappa shape index (κ2) is 7.82.